The molecule has 0 bridgehead atoms. The number of hydrogen-bond acceptors (Lipinski definition) is 5. The van der Waals surface area contributed by atoms with Crippen molar-refractivity contribution in [3.05, 3.63) is 126 Å². The molecule has 0 saturated heterocycles. The lowest BCUT2D eigenvalue weighted by atomic mass is 10.0. The van der Waals surface area contributed by atoms with Crippen LogP contribution in [0.1, 0.15) is 27.9 Å². The summed E-state index contributed by atoms with van der Waals surface area (Å²) in [6.45, 7) is -0.0340. The maximum absolute atomic E-state index is 13.7. The largest absolute Gasteiger partial charge is 0.573 e. The van der Waals surface area contributed by atoms with Crippen LogP contribution in [0.2, 0.25) is 0 Å². The Kier molecular flexibility index (Phi) is 8.56. The normalized spacial score (nSPS) is 14.0. The zero-order valence-corrected chi connectivity index (χ0v) is 22.9. The molecule has 0 saturated carbocycles. The summed E-state index contributed by atoms with van der Waals surface area (Å²) >= 11 is 0. The number of aliphatic imine (C=N–C) groups is 1. The molecule has 8 nitrogen and oxygen atoms in total. The van der Waals surface area contributed by atoms with Gasteiger partial charge in [-0.15, -0.1) is 13.2 Å². The minimum absolute atomic E-state index is 0.0340. The van der Waals surface area contributed by atoms with Gasteiger partial charge >= 0.3 is 12.3 Å². The van der Waals surface area contributed by atoms with Crippen LogP contribution in [-0.4, -0.2) is 41.6 Å². The van der Waals surface area contributed by atoms with Crippen LogP contribution < -0.4 is 15.0 Å². The number of carboxylic acids is 1. The van der Waals surface area contributed by atoms with Crippen molar-refractivity contribution in [1.82, 2.24) is 5.32 Å². The van der Waals surface area contributed by atoms with Crippen LogP contribution in [-0.2, 0) is 9.59 Å². The Labute approximate surface area is 249 Å². The van der Waals surface area contributed by atoms with Gasteiger partial charge in [0.15, 0.2) is 0 Å². The van der Waals surface area contributed by atoms with E-state index in [0.717, 1.165) is 23.3 Å². The number of anilines is 1. The summed E-state index contributed by atoms with van der Waals surface area (Å²) in [4.78, 5) is 42.8. The van der Waals surface area contributed by atoms with Crippen LogP contribution in [0, 0.1) is 0 Å². The molecule has 0 atom stereocenters. The predicted octanol–water partition coefficient (Wildman–Crippen LogP) is 6.29. The van der Waals surface area contributed by atoms with Crippen molar-refractivity contribution >= 4 is 35.4 Å². The summed E-state index contributed by atoms with van der Waals surface area (Å²) in [5.41, 5.74) is 3.77. The van der Waals surface area contributed by atoms with E-state index in [9.17, 15) is 27.6 Å². The summed E-state index contributed by atoms with van der Waals surface area (Å²) in [7, 11) is 0. The average Bonchev–Trinajstić information content (AvgIpc) is 3.33. The molecule has 2 amide bonds. The first-order chi connectivity index (χ1) is 21.1. The fraction of sp³-hybridized carbons (Fsp3) is 0.0909. The Morgan fingerprint density at radius 2 is 1.45 bits per heavy atom. The summed E-state index contributed by atoms with van der Waals surface area (Å²) in [5, 5.41) is 11.3. The fourth-order valence-corrected chi connectivity index (χ4v) is 4.46. The van der Waals surface area contributed by atoms with E-state index in [4.69, 9.17) is 5.11 Å². The molecule has 0 aliphatic carbocycles. The molecule has 0 fully saturated rings. The van der Waals surface area contributed by atoms with Crippen LogP contribution in [0.4, 0.5) is 18.9 Å². The molecule has 11 heteroatoms. The Hall–Kier alpha value is -5.71. The van der Waals surface area contributed by atoms with E-state index in [0.29, 0.717) is 22.6 Å². The lowest BCUT2D eigenvalue weighted by molar-refractivity contribution is -0.274. The third-order valence-corrected chi connectivity index (χ3v) is 6.54. The molecule has 1 aliphatic rings. The molecule has 4 aromatic rings. The van der Waals surface area contributed by atoms with E-state index in [1.54, 1.807) is 12.1 Å². The van der Waals surface area contributed by atoms with Gasteiger partial charge in [-0.3, -0.25) is 19.3 Å². The molecule has 1 heterocycles. The molecule has 1 aliphatic heterocycles. The van der Waals surface area contributed by atoms with Crippen LogP contribution in [0.5, 0.6) is 5.75 Å². The summed E-state index contributed by atoms with van der Waals surface area (Å²) in [6, 6.07) is 28.4. The second kappa shape index (κ2) is 12.7. The van der Waals surface area contributed by atoms with Gasteiger partial charge in [0.25, 0.3) is 11.8 Å². The van der Waals surface area contributed by atoms with Gasteiger partial charge in [-0.25, -0.2) is 4.99 Å². The number of aliphatic carboxylic acids is 1. The van der Waals surface area contributed by atoms with Crippen molar-refractivity contribution in [1.29, 1.82) is 0 Å². The standard InChI is InChI=1S/C33H24F3N3O5/c34-33(35,36)44-27-16-6-21(7-17-27)20-28-32(43)39(26-14-12-25(13-15-26)31(42)37-19-18-29(40)41)30(38-28)24-10-8-23(9-11-24)22-4-2-1-3-5-22/h1-17,20H,18-19H2,(H,37,42)(H,40,41)/b28-20-. The van der Waals surface area contributed by atoms with Crippen molar-refractivity contribution in [2.75, 3.05) is 11.4 Å². The third kappa shape index (κ3) is 7.19. The van der Waals surface area contributed by atoms with Crippen molar-refractivity contribution in [2.24, 2.45) is 4.99 Å². The molecular weight excluding hydrogens is 575 g/mol. The van der Waals surface area contributed by atoms with Crippen LogP contribution >= 0.6 is 0 Å². The molecule has 222 valence electrons. The quantitative estimate of drug-likeness (QED) is 0.220. The minimum atomic E-state index is -4.83. The lowest BCUT2D eigenvalue weighted by Gasteiger charge is -2.19. The van der Waals surface area contributed by atoms with Gasteiger partial charge in [-0.1, -0.05) is 66.7 Å². The van der Waals surface area contributed by atoms with Crippen LogP contribution in [0.25, 0.3) is 17.2 Å². The molecule has 5 rings (SSSR count). The first-order valence-electron chi connectivity index (χ1n) is 13.3. The zero-order valence-electron chi connectivity index (χ0n) is 22.9. The maximum atomic E-state index is 13.7. The van der Waals surface area contributed by atoms with Gasteiger partial charge in [0.05, 0.1) is 12.1 Å². The molecule has 0 unspecified atom stereocenters. The Bertz CT molecular complexity index is 1730. The van der Waals surface area contributed by atoms with Crippen molar-refractivity contribution in [3.8, 4) is 16.9 Å². The average molecular weight is 600 g/mol. The SMILES string of the molecule is O=C(O)CCNC(=O)c1ccc(N2C(=O)/C(=C/c3ccc(OC(F)(F)F)cc3)N=C2c2ccc(-c3ccccc3)cc2)cc1. The highest BCUT2D eigenvalue weighted by Crippen LogP contribution is 2.30. The number of carbonyl (C=O) groups is 3. The Morgan fingerprint density at radius 1 is 0.841 bits per heavy atom. The number of nitrogens with zero attached hydrogens (tertiary/aromatic N) is 2. The van der Waals surface area contributed by atoms with Crippen molar-refractivity contribution < 1.29 is 37.4 Å². The van der Waals surface area contributed by atoms with Crippen molar-refractivity contribution in [3.63, 3.8) is 0 Å². The Morgan fingerprint density at radius 3 is 2.07 bits per heavy atom. The van der Waals surface area contributed by atoms with Gasteiger partial charge in [0.2, 0.25) is 0 Å². The van der Waals surface area contributed by atoms with Crippen molar-refractivity contribution in [2.45, 2.75) is 12.8 Å². The number of amidine groups is 1. The second-order valence-electron chi connectivity index (χ2n) is 9.61. The highest BCUT2D eigenvalue weighted by atomic mass is 19.4. The Balaban J connectivity index is 1.46. The lowest BCUT2D eigenvalue weighted by Crippen LogP contribution is -2.32. The number of alkyl halides is 3. The van der Waals surface area contributed by atoms with Crippen LogP contribution in [0.15, 0.2) is 114 Å². The number of carboxylic acid groups (broad SMARTS) is 1. The number of amides is 2. The second-order valence-corrected chi connectivity index (χ2v) is 9.61. The van der Waals surface area contributed by atoms with E-state index in [1.165, 1.54) is 35.2 Å². The number of benzene rings is 4. The van der Waals surface area contributed by atoms with Gasteiger partial charge in [0.1, 0.15) is 17.3 Å². The van der Waals surface area contributed by atoms with E-state index in [-0.39, 0.29) is 24.2 Å². The minimum Gasteiger partial charge on any atom is -0.481 e. The molecule has 0 aromatic heterocycles. The first kappa shape index (κ1) is 29.8. The molecule has 0 spiro atoms. The van der Waals surface area contributed by atoms with Gasteiger partial charge in [0, 0.05) is 17.7 Å². The molecule has 44 heavy (non-hydrogen) atoms. The number of nitrogens with one attached hydrogen (secondary N) is 1. The molecular formula is C33H24F3N3O5. The predicted molar refractivity (Wildman–Crippen MR) is 158 cm³/mol. The highest BCUT2D eigenvalue weighted by Gasteiger charge is 2.33. The van der Waals surface area contributed by atoms with E-state index in [2.05, 4.69) is 15.0 Å². The van der Waals surface area contributed by atoms with E-state index in [1.807, 2.05) is 54.6 Å². The summed E-state index contributed by atoms with van der Waals surface area (Å²) in [6.07, 6.45) is -3.59. The number of ether oxygens (including phenoxy) is 1. The van der Waals surface area contributed by atoms with Crippen LogP contribution in [0.3, 0.4) is 0 Å². The molecule has 4 aromatic carbocycles. The number of hydrogen-bond donors (Lipinski definition) is 2. The van der Waals surface area contributed by atoms with E-state index < -0.39 is 29.9 Å². The fourth-order valence-electron chi connectivity index (χ4n) is 4.46. The number of halogens is 3. The number of rotatable bonds is 9. The maximum Gasteiger partial charge on any atom is 0.573 e. The summed E-state index contributed by atoms with van der Waals surface area (Å²) < 4.78 is 41.6. The van der Waals surface area contributed by atoms with Gasteiger partial charge in [-0.2, -0.15) is 0 Å². The topological polar surface area (TPSA) is 108 Å². The van der Waals surface area contributed by atoms with Gasteiger partial charge < -0.3 is 15.2 Å². The third-order valence-electron chi connectivity index (χ3n) is 6.54. The zero-order chi connectivity index (χ0) is 31.3. The highest BCUT2D eigenvalue weighted by molar-refractivity contribution is 6.33. The first-order valence-corrected chi connectivity index (χ1v) is 13.3. The number of carbonyl (C=O) groups excluding carboxylic acids is 2. The monoisotopic (exact) mass is 599 g/mol. The van der Waals surface area contributed by atoms with Gasteiger partial charge in [-0.05, 0) is 59.2 Å². The summed E-state index contributed by atoms with van der Waals surface area (Å²) in [5.74, 6) is -2.06. The molecule has 2 N–H and O–H groups in total. The molecule has 0 radical (unpaired) electrons. The van der Waals surface area contributed by atoms with E-state index >= 15 is 0 Å². The smallest absolute Gasteiger partial charge is 0.481 e.